The molecule has 0 spiro atoms. The predicted octanol–water partition coefficient (Wildman–Crippen LogP) is 5.46. The zero-order chi connectivity index (χ0) is 23.4. The molecular formula is C26H21NO5S. The average Bonchev–Trinajstić information content (AvgIpc) is 3.07. The summed E-state index contributed by atoms with van der Waals surface area (Å²) in [6.07, 6.45) is 1.58. The first kappa shape index (κ1) is 22.4. The summed E-state index contributed by atoms with van der Waals surface area (Å²) in [4.78, 5) is 39.5. The number of nitrogens with zero attached hydrogens (tertiary/aromatic N) is 1. The number of carbonyl (C=O) groups excluding carboxylic acids is 3. The lowest BCUT2D eigenvalue weighted by atomic mass is 10.1. The third-order valence-electron chi connectivity index (χ3n) is 5.03. The molecular weight excluding hydrogens is 438 g/mol. The molecule has 1 heterocycles. The van der Waals surface area contributed by atoms with Gasteiger partial charge in [0.2, 0.25) is 0 Å². The highest BCUT2D eigenvalue weighted by Gasteiger charge is 2.35. The Bertz CT molecular complexity index is 1250. The highest BCUT2D eigenvalue weighted by atomic mass is 32.2. The smallest absolute Gasteiger partial charge is 0.343 e. The second-order valence-corrected chi connectivity index (χ2v) is 8.41. The van der Waals surface area contributed by atoms with Crippen molar-refractivity contribution in [3.8, 4) is 11.5 Å². The van der Waals surface area contributed by atoms with Crippen LogP contribution in [-0.4, -0.2) is 29.1 Å². The van der Waals surface area contributed by atoms with Crippen molar-refractivity contribution in [3.63, 3.8) is 0 Å². The molecule has 3 aromatic carbocycles. The van der Waals surface area contributed by atoms with E-state index in [4.69, 9.17) is 9.47 Å². The molecule has 0 bridgehead atoms. The third kappa shape index (κ3) is 5.15. The number of hydrogen-bond acceptors (Lipinski definition) is 6. The van der Waals surface area contributed by atoms with Crippen molar-refractivity contribution in [3.05, 3.63) is 100.0 Å². The third-order valence-corrected chi connectivity index (χ3v) is 5.94. The minimum absolute atomic E-state index is 0.206. The van der Waals surface area contributed by atoms with Crippen LogP contribution in [0.4, 0.5) is 4.79 Å². The maximum atomic E-state index is 12.9. The van der Waals surface area contributed by atoms with Crippen molar-refractivity contribution in [2.45, 2.75) is 13.5 Å². The number of ether oxygens (including phenoxy) is 2. The number of benzene rings is 3. The van der Waals surface area contributed by atoms with Crippen LogP contribution >= 0.6 is 11.8 Å². The molecule has 0 aliphatic carbocycles. The summed E-state index contributed by atoms with van der Waals surface area (Å²) in [6.45, 7) is 2.17. The number of esters is 1. The molecule has 0 radical (unpaired) electrons. The molecule has 1 aliphatic heterocycles. The zero-order valence-corrected chi connectivity index (χ0v) is 18.9. The Kier molecular flexibility index (Phi) is 6.60. The Morgan fingerprint density at radius 3 is 2.48 bits per heavy atom. The fourth-order valence-electron chi connectivity index (χ4n) is 3.35. The summed E-state index contributed by atoms with van der Waals surface area (Å²) in [5, 5.41) is -0.333. The maximum Gasteiger partial charge on any atom is 0.343 e. The number of imide groups is 1. The number of hydrogen-bond donors (Lipinski definition) is 0. The van der Waals surface area contributed by atoms with Gasteiger partial charge in [0.15, 0.2) is 0 Å². The highest BCUT2D eigenvalue weighted by Crippen LogP contribution is 2.35. The van der Waals surface area contributed by atoms with Crippen molar-refractivity contribution in [1.82, 2.24) is 4.90 Å². The summed E-state index contributed by atoms with van der Waals surface area (Å²) < 4.78 is 10.7. The molecule has 0 saturated carbocycles. The first-order valence-corrected chi connectivity index (χ1v) is 11.0. The molecule has 7 heteroatoms. The number of rotatable bonds is 6. The fourth-order valence-corrected chi connectivity index (χ4v) is 4.18. The Balaban J connectivity index is 1.53. The van der Waals surface area contributed by atoms with E-state index in [0.717, 1.165) is 22.9 Å². The minimum Gasteiger partial charge on any atom is -0.497 e. The van der Waals surface area contributed by atoms with Gasteiger partial charge >= 0.3 is 5.97 Å². The van der Waals surface area contributed by atoms with Gasteiger partial charge in [0.05, 0.1) is 24.1 Å². The molecule has 4 rings (SSSR count). The van der Waals surface area contributed by atoms with Crippen molar-refractivity contribution in [2.24, 2.45) is 0 Å². The van der Waals surface area contributed by atoms with Crippen LogP contribution in [0.2, 0.25) is 0 Å². The number of amides is 2. The molecule has 1 fully saturated rings. The number of para-hydroxylation sites is 1. The summed E-state index contributed by atoms with van der Waals surface area (Å²) >= 11 is 0.872. The summed E-state index contributed by atoms with van der Waals surface area (Å²) in [5.74, 6) is 0.0194. The number of methoxy groups -OCH3 is 1. The molecule has 0 atom stereocenters. The molecule has 1 aliphatic rings. The van der Waals surface area contributed by atoms with E-state index in [1.165, 1.54) is 4.90 Å². The van der Waals surface area contributed by atoms with Gasteiger partial charge in [0.1, 0.15) is 11.5 Å². The van der Waals surface area contributed by atoms with E-state index in [-0.39, 0.29) is 22.6 Å². The van der Waals surface area contributed by atoms with E-state index in [1.807, 2.05) is 31.2 Å². The highest BCUT2D eigenvalue weighted by molar-refractivity contribution is 8.18. The van der Waals surface area contributed by atoms with Crippen LogP contribution in [-0.2, 0) is 11.3 Å². The SMILES string of the molecule is COc1ccc(C(=O)Oc2ccccc2/C=C2\SC(=O)N(Cc3cccc(C)c3)C2=O)cc1. The lowest BCUT2D eigenvalue weighted by molar-refractivity contribution is -0.123. The normalized spacial score (nSPS) is 14.6. The Hall–Kier alpha value is -3.84. The average molecular weight is 460 g/mol. The summed E-state index contributed by atoms with van der Waals surface area (Å²) in [7, 11) is 1.55. The largest absolute Gasteiger partial charge is 0.497 e. The van der Waals surface area contributed by atoms with Gasteiger partial charge in [0.25, 0.3) is 11.1 Å². The number of carbonyl (C=O) groups is 3. The topological polar surface area (TPSA) is 72.9 Å². The van der Waals surface area contributed by atoms with Gasteiger partial charge in [-0.15, -0.1) is 0 Å². The molecule has 0 unspecified atom stereocenters. The van der Waals surface area contributed by atoms with Crippen molar-refractivity contribution < 1.29 is 23.9 Å². The van der Waals surface area contributed by atoms with E-state index in [0.29, 0.717) is 22.6 Å². The van der Waals surface area contributed by atoms with Gasteiger partial charge in [-0.2, -0.15) is 0 Å². The predicted molar refractivity (Wildman–Crippen MR) is 127 cm³/mol. The first-order chi connectivity index (χ1) is 15.9. The van der Waals surface area contributed by atoms with E-state index in [1.54, 1.807) is 61.7 Å². The van der Waals surface area contributed by atoms with Crippen LogP contribution in [0, 0.1) is 6.92 Å². The lowest BCUT2D eigenvalue weighted by Gasteiger charge is -2.13. The van der Waals surface area contributed by atoms with E-state index < -0.39 is 5.97 Å². The molecule has 1 saturated heterocycles. The van der Waals surface area contributed by atoms with Gasteiger partial charge in [-0.25, -0.2) is 4.79 Å². The van der Waals surface area contributed by atoms with Crippen LogP contribution in [0.1, 0.15) is 27.0 Å². The fraction of sp³-hybridized carbons (Fsp3) is 0.115. The van der Waals surface area contributed by atoms with Gasteiger partial charge < -0.3 is 9.47 Å². The van der Waals surface area contributed by atoms with Crippen molar-refractivity contribution in [1.29, 1.82) is 0 Å². The standard InChI is InChI=1S/C26H21NO5S/c1-17-6-5-7-18(14-17)16-27-24(28)23(33-26(27)30)15-20-8-3-4-9-22(20)32-25(29)19-10-12-21(31-2)13-11-19/h3-15H,16H2,1-2H3/b23-15-. The van der Waals surface area contributed by atoms with Gasteiger partial charge in [0, 0.05) is 5.56 Å². The monoisotopic (exact) mass is 459 g/mol. The number of aryl methyl sites for hydroxylation is 1. The van der Waals surface area contributed by atoms with Crippen molar-refractivity contribution >= 4 is 35.0 Å². The van der Waals surface area contributed by atoms with Crippen LogP contribution in [0.15, 0.2) is 77.7 Å². The van der Waals surface area contributed by atoms with Gasteiger partial charge in [-0.1, -0.05) is 48.0 Å². The quantitative estimate of drug-likeness (QED) is 0.277. The molecule has 3 aromatic rings. The lowest BCUT2D eigenvalue weighted by Crippen LogP contribution is -2.27. The van der Waals surface area contributed by atoms with Crippen molar-refractivity contribution in [2.75, 3.05) is 7.11 Å². The van der Waals surface area contributed by atoms with Crippen LogP contribution in [0.5, 0.6) is 11.5 Å². The van der Waals surface area contributed by atoms with E-state index in [2.05, 4.69) is 0 Å². The molecule has 0 aromatic heterocycles. The van der Waals surface area contributed by atoms with Crippen LogP contribution in [0.25, 0.3) is 6.08 Å². The second kappa shape index (κ2) is 9.75. The summed E-state index contributed by atoms with van der Waals surface area (Å²) in [6, 6.07) is 21.1. The molecule has 166 valence electrons. The molecule has 0 N–H and O–H groups in total. The Morgan fingerprint density at radius 1 is 1.00 bits per heavy atom. The van der Waals surface area contributed by atoms with Crippen LogP contribution < -0.4 is 9.47 Å². The van der Waals surface area contributed by atoms with E-state index >= 15 is 0 Å². The second-order valence-electron chi connectivity index (χ2n) is 7.41. The van der Waals surface area contributed by atoms with E-state index in [9.17, 15) is 14.4 Å². The zero-order valence-electron chi connectivity index (χ0n) is 18.1. The minimum atomic E-state index is -0.536. The Labute approximate surface area is 195 Å². The van der Waals surface area contributed by atoms with Gasteiger partial charge in [-0.3, -0.25) is 14.5 Å². The Morgan fingerprint density at radius 2 is 1.76 bits per heavy atom. The maximum absolute atomic E-state index is 12.9. The van der Waals surface area contributed by atoms with Gasteiger partial charge in [-0.05, 0) is 60.7 Å². The molecule has 6 nitrogen and oxygen atoms in total. The number of thioether (sulfide) groups is 1. The first-order valence-electron chi connectivity index (χ1n) is 10.2. The molecule has 33 heavy (non-hydrogen) atoms. The van der Waals surface area contributed by atoms with Crippen LogP contribution in [0.3, 0.4) is 0 Å². The summed E-state index contributed by atoms with van der Waals surface area (Å²) in [5.41, 5.74) is 2.83. The molecule has 2 amide bonds.